The Morgan fingerprint density at radius 1 is 1.36 bits per heavy atom. The van der Waals surface area contributed by atoms with Gasteiger partial charge in [-0.25, -0.2) is 19.5 Å². The molecule has 2 rings (SSSR count). The molecule has 1 aliphatic heterocycles. The third-order valence-corrected chi connectivity index (χ3v) is 4.67. The summed E-state index contributed by atoms with van der Waals surface area (Å²) >= 11 is 1.28. The van der Waals surface area contributed by atoms with E-state index in [0.29, 0.717) is 28.7 Å². The fourth-order valence-corrected chi connectivity index (χ4v) is 3.40. The molecule has 0 bridgehead atoms. The lowest BCUT2D eigenvalue weighted by Crippen LogP contribution is -2.49. The average Bonchev–Trinajstić information content (AvgIpc) is 2.90. The van der Waals surface area contributed by atoms with E-state index in [1.165, 1.54) is 11.8 Å². The number of aromatic nitrogens is 3. The molecule has 0 aliphatic carbocycles. The minimum absolute atomic E-state index is 0.249. The highest BCUT2D eigenvalue weighted by Crippen LogP contribution is 2.22. The van der Waals surface area contributed by atoms with E-state index in [9.17, 15) is 14.4 Å². The number of aromatic amines is 1. The monoisotopic (exact) mass is 369 g/mol. The Morgan fingerprint density at radius 3 is 2.80 bits per heavy atom. The second-order valence-corrected chi connectivity index (χ2v) is 6.48. The van der Waals surface area contributed by atoms with Crippen LogP contribution in [0.1, 0.15) is 33.6 Å². The minimum Gasteiger partial charge on any atom is -0.463 e. The molecule has 1 aliphatic rings. The molecule has 10 heteroatoms. The number of nitrogens with zero attached hydrogens (tertiary/aromatic N) is 2. The van der Waals surface area contributed by atoms with Crippen molar-refractivity contribution in [3.8, 4) is 0 Å². The van der Waals surface area contributed by atoms with Gasteiger partial charge in [-0.3, -0.25) is 4.57 Å². The van der Waals surface area contributed by atoms with Crippen molar-refractivity contribution in [3.05, 3.63) is 21.8 Å². The van der Waals surface area contributed by atoms with Crippen molar-refractivity contribution in [3.63, 3.8) is 0 Å². The molecular formula is C15H23N5O4S. The molecule has 0 fully saturated rings. The van der Waals surface area contributed by atoms with Gasteiger partial charge in [0.05, 0.1) is 18.2 Å². The van der Waals surface area contributed by atoms with Crippen LogP contribution in [-0.4, -0.2) is 45.2 Å². The maximum Gasteiger partial charge on any atom is 0.343 e. The van der Waals surface area contributed by atoms with Crippen molar-refractivity contribution in [2.45, 2.75) is 51.4 Å². The number of thioether (sulfide) groups is 1. The minimum atomic E-state index is -0.469. The van der Waals surface area contributed by atoms with Crippen LogP contribution in [0.2, 0.25) is 0 Å². The van der Waals surface area contributed by atoms with Crippen molar-refractivity contribution in [2.75, 3.05) is 12.4 Å². The highest BCUT2D eigenvalue weighted by molar-refractivity contribution is 7.99. The van der Waals surface area contributed by atoms with Crippen LogP contribution in [-0.2, 0) is 16.1 Å². The first-order valence-corrected chi connectivity index (χ1v) is 9.22. The van der Waals surface area contributed by atoms with Crippen LogP contribution in [0.3, 0.4) is 0 Å². The smallest absolute Gasteiger partial charge is 0.343 e. The maximum absolute atomic E-state index is 12.2. The molecule has 9 nitrogen and oxygen atoms in total. The number of hydrogen-bond donors (Lipinski definition) is 3. The van der Waals surface area contributed by atoms with Gasteiger partial charge < -0.3 is 15.4 Å². The van der Waals surface area contributed by atoms with E-state index in [2.05, 4.69) is 20.8 Å². The van der Waals surface area contributed by atoms with Gasteiger partial charge in [0.2, 0.25) is 0 Å². The van der Waals surface area contributed by atoms with Crippen LogP contribution < -0.4 is 16.3 Å². The van der Waals surface area contributed by atoms with E-state index >= 15 is 0 Å². The third kappa shape index (κ3) is 4.65. The summed E-state index contributed by atoms with van der Waals surface area (Å²) in [5.41, 5.74) is 0.586. The highest BCUT2D eigenvalue weighted by Gasteiger charge is 2.29. The number of rotatable bonds is 8. The number of esters is 1. The molecule has 1 unspecified atom stereocenters. The van der Waals surface area contributed by atoms with Crippen LogP contribution in [0.5, 0.6) is 0 Å². The van der Waals surface area contributed by atoms with Crippen molar-refractivity contribution in [1.82, 2.24) is 25.4 Å². The van der Waals surface area contributed by atoms with Gasteiger partial charge >= 0.3 is 17.7 Å². The Morgan fingerprint density at radius 2 is 2.12 bits per heavy atom. The summed E-state index contributed by atoms with van der Waals surface area (Å²) in [6.45, 7) is 6.31. The lowest BCUT2D eigenvalue weighted by atomic mass is 10.1. The standard InChI is InChI=1S/C15H23N5O4S/c1-4-6-7-20-14(23)18-19-15(20)25-8-10-11(12(21)24-5-2)9(3)16-13(22)17-10/h9H,4-8H2,1-3H3,(H,18,23)(H2,16,17,22). The molecule has 0 aromatic carbocycles. The van der Waals surface area contributed by atoms with Crippen LogP contribution in [0.4, 0.5) is 4.79 Å². The van der Waals surface area contributed by atoms with Gasteiger partial charge in [-0.05, 0) is 20.3 Å². The van der Waals surface area contributed by atoms with Gasteiger partial charge in [0.25, 0.3) is 0 Å². The summed E-state index contributed by atoms with van der Waals surface area (Å²) in [4.78, 5) is 35.8. The zero-order valence-corrected chi connectivity index (χ0v) is 15.4. The first-order chi connectivity index (χ1) is 12.0. The summed E-state index contributed by atoms with van der Waals surface area (Å²) in [6.07, 6.45) is 1.82. The molecule has 1 aromatic rings. The van der Waals surface area contributed by atoms with E-state index < -0.39 is 12.0 Å². The number of unbranched alkanes of at least 4 members (excludes halogenated alkanes) is 1. The van der Waals surface area contributed by atoms with Gasteiger partial charge in [0, 0.05) is 18.0 Å². The molecule has 1 aromatic heterocycles. The van der Waals surface area contributed by atoms with Crippen molar-refractivity contribution in [2.24, 2.45) is 0 Å². The Labute approximate surface area is 149 Å². The molecule has 2 heterocycles. The maximum atomic E-state index is 12.2. The zero-order valence-electron chi connectivity index (χ0n) is 14.5. The number of hydrogen-bond acceptors (Lipinski definition) is 6. The van der Waals surface area contributed by atoms with E-state index in [0.717, 1.165) is 12.8 Å². The quantitative estimate of drug-likeness (QED) is 0.464. The molecule has 1 atom stereocenters. The number of H-pyrrole nitrogens is 1. The molecule has 0 radical (unpaired) electrons. The Hall–Kier alpha value is -2.23. The molecule has 0 saturated carbocycles. The molecule has 3 N–H and O–H groups in total. The zero-order chi connectivity index (χ0) is 18.4. The van der Waals surface area contributed by atoms with E-state index in [1.807, 2.05) is 6.92 Å². The molecule has 138 valence electrons. The fourth-order valence-electron chi connectivity index (χ4n) is 2.46. The predicted octanol–water partition coefficient (Wildman–Crippen LogP) is 0.982. The van der Waals surface area contributed by atoms with E-state index in [1.54, 1.807) is 18.4 Å². The fraction of sp³-hybridized carbons (Fsp3) is 0.600. The molecule has 0 spiro atoms. The van der Waals surface area contributed by atoms with Crippen LogP contribution in [0, 0.1) is 0 Å². The molecule has 2 amide bonds. The van der Waals surface area contributed by atoms with Gasteiger partial charge in [-0.2, -0.15) is 0 Å². The van der Waals surface area contributed by atoms with Crippen molar-refractivity contribution in [1.29, 1.82) is 0 Å². The number of carbonyl (C=O) groups excluding carboxylic acids is 2. The van der Waals surface area contributed by atoms with Gasteiger partial charge in [0.1, 0.15) is 0 Å². The predicted molar refractivity (Wildman–Crippen MR) is 93.3 cm³/mol. The van der Waals surface area contributed by atoms with Crippen molar-refractivity contribution >= 4 is 23.8 Å². The lowest BCUT2D eigenvalue weighted by molar-refractivity contribution is -0.138. The topological polar surface area (TPSA) is 118 Å². The van der Waals surface area contributed by atoms with Gasteiger partial charge in [-0.1, -0.05) is 25.1 Å². The third-order valence-electron chi connectivity index (χ3n) is 3.67. The van der Waals surface area contributed by atoms with Crippen molar-refractivity contribution < 1.29 is 14.3 Å². The van der Waals surface area contributed by atoms with Gasteiger partial charge in [-0.15, -0.1) is 5.10 Å². The Kier molecular flexibility index (Phi) is 6.68. The first-order valence-electron chi connectivity index (χ1n) is 8.23. The second-order valence-electron chi connectivity index (χ2n) is 5.54. The second kappa shape index (κ2) is 8.75. The highest BCUT2D eigenvalue weighted by atomic mass is 32.2. The summed E-state index contributed by atoms with van der Waals surface area (Å²) in [5.74, 6) is -0.175. The van der Waals surface area contributed by atoms with E-state index in [-0.39, 0.29) is 18.3 Å². The molecular weight excluding hydrogens is 346 g/mol. The van der Waals surface area contributed by atoms with Crippen LogP contribution >= 0.6 is 11.8 Å². The number of urea groups is 1. The Bertz CT molecular complexity index is 724. The number of amides is 2. The number of nitrogens with one attached hydrogen (secondary N) is 3. The average molecular weight is 369 g/mol. The summed E-state index contributed by atoms with van der Waals surface area (Å²) in [6, 6.07) is -0.827. The SMILES string of the molecule is CCCCn1c(SCC2=C(C(=O)OCC)C(C)NC(=O)N2)n[nH]c1=O. The lowest BCUT2D eigenvalue weighted by Gasteiger charge is -2.26. The largest absolute Gasteiger partial charge is 0.463 e. The van der Waals surface area contributed by atoms with Gasteiger partial charge in [0.15, 0.2) is 5.16 Å². The summed E-state index contributed by atoms with van der Waals surface area (Å²) in [5, 5.41) is 12.3. The first kappa shape index (κ1) is 19.1. The normalized spacial score (nSPS) is 17.2. The molecule has 25 heavy (non-hydrogen) atoms. The van der Waals surface area contributed by atoms with Crippen LogP contribution in [0.25, 0.3) is 0 Å². The summed E-state index contributed by atoms with van der Waals surface area (Å²) < 4.78 is 6.64. The number of ether oxygens (including phenoxy) is 1. The number of carbonyl (C=O) groups is 2. The Balaban J connectivity index is 2.21. The summed E-state index contributed by atoms with van der Waals surface area (Å²) in [7, 11) is 0. The van der Waals surface area contributed by atoms with Crippen LogP contribution in [0.15, 0.2) is 21.2 Å². The molecule has 0 saturated heterocycles. The van der Waals surface area contributed by atoms with E-state index in [4.69, 9.17) is 4.74 Å².